The minimum absolute atomic E-state index is 0.213. The van der Waals surface area contributed by atoms with Crippen LogP contribution >= 0.6 is 0 Å². The molecule has 0 aliphatic heterocycles. The summed E-state index contributed by atoms with van der Waals surface area (Å²) in [6.45, 7) is 9.68. The molecule has 0 fully saturated rings. The Bertz CT molecular complexity index is 438. The molecule has 0 aliphatic rings. The quantitative estimate of drug-likeness (QED) is 0.872. The van der Waals surface area contributed by atoms with Gasteiger partial charge in [-0.2, -0.15) is 0 Å². The van der Waals surface area contributed by atoms with Gasteiger partial charge in [-0.15, -0.1) is 0 Å². The fourth-order valence-electron chi connectivity index (χ4n) is 1.89. The summed E-state index contributed by atoms with van der Waals surface area (Å²) >= 11 is 0. The molecule has 2 N–H and O–H groups in total. The van der Waals surface area contributed by atoms with Crippen molar-refractivity contribution in [2.45, 2.75) is 47.1 Å². The molecule has 1 rings (SSSR count). The number of primary amides is 1. The highest BCUT2D eigenvalue weighted by Crippen LogP contribution is 2.29. The van der Waals surface area contributed by atoms with Gasteiger partial charge in [-0.25, -0.2) is 0 Å². The summed E-state index contributed by atoms with van der Waals surface area (Å²) in [5, 5.41) is 0. The third kappa shape index (κ3) is 3.03. The van der Waals surface area contributed by atoms with Crippen LogP contribution in [0.15, 0.2) is 18.2 Å². The first kappa shape index (κ1) is 14.6. The molecule has 0 aliphatic carbocycles. The maximum Gasteiger partial charge on any atom is 0.226 e. The van der Waals surface area contributed by atoms with Gasteiger partial charge in [0.25, 0.3) is 0 Å². The van der Waals surface area contributed by atoms with Gasteiger partial charge < -0.3 is 10.5 Å². The summed E-state index contributed by atoms with van der Waals surface area (Å²) in [5.41, 5.74) is 6.98. The second-order valence-corrected chi connectivity index (χ2v) is 5.37. The van der Waals surface area contributed by atoms with Crippen molar-refractivity contribution in [3.8, 4) is 5.75 Å². The monoisotopic (exact) mass is 249 g/mol. The van der Waals surface area contributed by atoms with Crippen LogP contribution in [0.25, 0.3) is 0 Å². The summed E-state index contributed by atoms with van der Waals surface area (Å²) in [5.74, 6) is 0.496. The zero-order valence-corrected chi connectivity index (χ0v) is 11.9. The summed E-state index contributed by atoms with van der Waals surface area (Å²) in [7, 11) is 0. The number of rotatable bonds is 5. The lowest BCUT2D eigenvalue weighted by Crippen LogP contribution is -2.44. The lowest BCUT2D eigenvalue weighted by atomic mass is 9.84. The maximum atomic E-state index is 11.5. The van der Waals surface area contributed by atoms with Gasteiger partial charge in [0.2, 0.25) is 5.91 Å². The first-order valence-electron chi connectivity index (χ1n) is 6.32. The molecule has 0 spiro atoms. The predicted molar refractivity (Wildman–Crippen MR) is 73.6 cm³/mol. The fourth-order valence-corrected chi connectivity index (χ4v) is 1.89. The van der Waals surface area contributed by atoms with E-state index in [9.17, 15) is 4.79 Å². The first-order valence-corrected chi connectivity index (χ1v) is 6.32. The van der Waals surface area contributed by atoms with E-state index in [1.165, 1.54) is 0 Å². The first-order chi connectivity index (χ1) is 8.28. The number of aryl methyl sites for hydroxylation is 2. The fraction of sp³-hybridized carbons (Fsp3) is 0.533. The van der Waals surface area contributed by atoms with Crippen molar-refractivity contribution in [3.63, 3.8) is 0 Å². The number of hydrogen-bond acceptors (Lipinski definition) is 2. The van der Waals surface area contributed by atoms with Crippen LogP contribution in [0, 0.1) is 19.3 Å². The van der Waals surface area contributed by atoms with Crippen LogP contribution in [0.2, 0.25) is 0 Å². The molecule has 3 nitrogen and oxygen atoms in total. The molecule has 18 heavy (non-hydrogen) atoms. The van der Waals surface area contributed by atoms with Crippen molar-refractivity contribution in [3.05, 3.63) is 29.3 Å². The summed E-state index contributed by atoms with van der Waals surface area (Å²) < 4.78 is 6.00. The van der Waals surface area contributed by atoms with Crippen LogP contribution < -0.4 is 10.5 Å². The number of nitrogens with two attached hydrogens (primary N) is 1. The second kappa shape index (κ2) is 5.42. The molecule has 100 valence electrons. The molecule has 1 unspecified atom stereocenters. The largest absolute Gasteiger partial charge is 0.489 e. The molecule has 0 radical (unpaired) electrons. The Kier molecular flexibility index (Phi) is 4.38. The predicted octanol–water partition coefficient (Wildman–Crippen LogP) is 2.97. The normalized spacial score (nSPS) is 13.2. The molecular weight excluding hydrogens is 226 g/mol. The number of carbonyl (C=O) groups is 1. The van der Waals surface area contributed by atoms with E-state index in [1.807, 2.05) is 52.8 Å². The van der Waals surface area contributed by atoms with Gasteiger partial charge >= 0.3 is 0 Å². The van der Waals surface area contributed by atoms with E-state index in [-0.39, 0.29) is 12.0 Å². The van der Waals surface area contributed by atoms with Gasteiger partial charge in [0.1, 0.15) is 11.9 Å². The number of amides is 1. The van der Waals surface area contributed by atoms with Crippen molar-refractivity contribution in [1.29, 1.82) is 0 Å². The Morgan fingerprint density at radius 3 is 2.50 bits per heavy atom. The van der Waals surface area contributed by atoms with Gasteiger partial charge in [0.15, 0.2) is 0 Å². The van der Waals surface area contributed by atoms with E-state index in [0.29, 0.717) is 0 Å². The van der Waals surface area contributed by atoms with Crippen LogP contribution in [0.3, 0.4) is 0 Å². The van der Waals surface area contributed by atoms with Crippen LogP contribution in [0.4, 0.5) is 0 Å². The van der Waals surface area contributed by atoms with Crippen molar-refractivity contribution in [2.24, 2.45) is 11.1 Å². The highest BCUT2D eigenvalue weighted by Gasteiger charge is 2.36. The van der Waals surface area contributed by atoms with Gasteiger partial charge in [-0.3, -0.25) is 4.79 Å². The third-order valence-electron chi connectivity index (χ3n) is 3.42. The van der Waals surface area contributed by atoms with Crippen molar-refractivity contribution < 1.29 is 9.53 Å². The van der Waals surface area contributed by atoms with Crippen LogP contribution in [0.5, 0.6) is 5.75 Å². The van der Waals surface area contributed by atoms with Gasteiger partial charge in [0.05, 0.1) is 5.41 Å². The number of benzene rings is 1. The summed E-state index contributed by atoms with van der Waals surface area (Å²) in [6.07, 6.45) is 0.527. The topological polar surface area (TPSA) is 52.3 Å². The number of hydrogen-bond donors (Lipinski definition) is 1. The zero-order chi connectivity index (χ0) is 13.9. The molecule has 0 bridgehead atoms. The van der Waals surface area contributed by atoms with E-state index in [4.69, 9.17) is 10.5 Å². The molecule has 0 saturated heterocycles. The standard InChI is InChI=1S/C15H23NO2/c1-6-13(15(4,5)14(16)17)18-12-9-10(2)7-8-11(12)3/h7-9,13H,6H2,1-5H3,(H2,16,17). The zero-order valence-electron chi connectivity index (χ0n) is 11.9. The van der Waals surface area contributed by atoms with Gasteiger partial charge in [-0.05, 0) is 51.3 Å². The molecule has 3 heteroatoms. The minimum Gasteiger partial charge on any atom is -0.489 e. The molecule has 1 amide bonds. The Morgan fingerprint density at radius 1 is 1.39 bits per heavy atom. The average molecular weight is 249 g/mol. The van der Waals surface area contributed by atoms with Crippen molar-refractivity contribution in [1.82, 2.24) is 0 Å². The molecule has 0 aromatic heterocycles. The Hall–Kier alpha value is -1.51. The van der Waals surface area contributed by atoms with E-state index in [0.717, 1.165) is 23.3 Å². The summed E-state index contributed by atoms with van der Waals surface area (Å²) in [6, 6.07) is 6.06. The Labute approximate surface area is 109 Å². The van der Waals surface area contributed by atoms with Crippen LogP contribution in [-0.4, -0.2) is 12.0 Å². The number of ether oxygens (including phenoxy) is 1. The van der Waals surface area contributed by atoms with E-state index < -0.39 is 5.41 Å². The second-order valence-electron chi connectivity index (χ2n) is 5.37. The molecular formula is C15H23NO2. The van der Waals surface area contributed by atoms with Crippen LogP contribution in [0.1, 0.15) is 38.3 Å². The highest BCUT2D eigenvalue weighted by atomic mass is 16.5. The van der Waals surface area contributed by atoms with Crippen molar-refractivity contribution in [2.75, 3.05) is 0 Å². The number of carbonyl (C=O) groups excluding carboxylic acids is 1. The molecule has 1 aromatic carbocycles. The average Bonchev–Trinajstić information content (AvgIpc) is 2.29. The van der Waals surface area contributed by atoms with E-state index >= 15 is 0 Å². The molecule has 1 atom stereocenters. The smallest absolute Gasteiger partial charge is 0.226 e. The van der Waals surface area contributed by atoms with E-state index in [2.05, 4.69) is 0 Å². The Morgan fingerprint density at radius 2 is 2.00 bits per heavy atom. The maximum absolute atomic E-state index is 11.5. The minimum atomic E-state index is -0.676. The SMILES string of the molecule is CCC(Oc1cc(C)ccc1C)C(C)(C)C(N)=O. The lowest BCUT2D eigenvalue weighted by molar-refractivity contribution is -0.130. The van der Waals surface area contributed by atoms with Gasteiger partial charge in [0, 0.05) is 0 Å². The summed E-state index contributed by atoms with van der Waals surface area (Å²) in [4.78, 5) is 11.5. The highest BCUT2D eigenvalue weighted by molar-refractivity contribution is 5.80. The molecule has 0 heterocycles. The Balaban J connectivity index is 3.00. The van der Waals surface area contributed by atoms with Crippen LogP contribution in [-0.2, 0) is 4.79 Å². The lowest BCUT2D eigenvalue weighted by Gasteiger charge is -2.31. The van der Waals surface area contributed by atoms with Crippen molar-refractivity contribution >= 4 is 5.91 Å². The molecule has 0 saturated carbocycles. The molecule has 1 aromatic rings. The van der Waals surface area contributed by atoms with E-state index in [1.54, 1.807) is 0 Å². The third-order valence-corrected chi connectivity index (χ3v) is 3.42. The van der Waals surface area contributed by atoms with Gasteiger partial charge in [-0.1, -0.05) is 19.1 Å².